The molecule has 0 aliphatic heterocycles. The Morgan fingerprint density at radius 1 is 1.22 bits per heavy atom. The van der Waals surface area contributed by atoms with Crippen LogP contribution in [0.2, 0.25) is 0 Å². The van der Waals surface area contributed by atoms with Crippen molar-refractivity contribution in [3.63, 3.8) is 0 Å². The van der Waals surface area contributed by atoms with E-state index in [0.29, 0.717) is 0 Å². The average molecular weight is 131 g/mol. The third-order valence-electron chi connectivity index (χ3n) is 1.24. The van der Waals surface area contributed by atoms with Gasteiger partial charge in [0.05, 0.1) is 6.61 Å². The van der Waals surface area contributed by atoms with E-state index >= 15 is 0 Å². The summed E-state index contributed by atoms with van der Waals surface area (Å²) in [6, 6.07) is 0. The molecule has 0 heterocycles. The second kappa shape index (κ2) is 7.92. The molecule has 0 amide bonds. The van der Waals surface area contributed by atoms with E-state index in [4.69, 9.17) is 4.84 Å². The standard InChI is InChI=1S/C7H17NO/c1-3-4-5-6-7-9-8-2/h8H,3-7H2,1-2H3. The van der Waals surface area contributed by atoms with Crippen LogP contribution >= 0.6 is 0 Å². The summed E-state index contributed by atoms with van der Waals surface area (Å²) < 4.78 is 0. The molecule has 0 radical (unpaired) electrons. The highest BCUT2D eigenvalue weighted by molar-refractivity contribution is 4.37. The van der Waals surface area contributed by atoms with Crippen LogP contribution in [0.15, 0.2) is 0 Å². The minimum atomic E-state index is 0.844. The molecule has 0 saturated heterocycles. The summed E-state index contributed by atoms with van der Waals surface area (Å²) >= 11 is 0. The number of hydrogen-bond donors (Lipinski definition) is 1. The van der Waals surface area contributed by atoms with E-state index < -0.39 is 0 Å². The average Bonchev–Trinajstić information content (AvgIpc) is 1.89. The lowest BCUT2D eigenvalue weighted by Gasteiger charge is -1.98. The molecule has 0 aromatic heterocycles. The maximum absolute atomic E-state index is 4.93. The predicted octanol–water partition coefficient (Wildman–Crippen LogP) is 1.72. The molecule has 1 N–H and O–H groups in total. The maximum atomic E-state index is 4.93. The first kappa shape index (κ1) is 8.92. The Morgan fingerprint density at radius 2 is 2.00 bits per heavy atom. The molecule has 0 fully saturated rings. The first-order valence-electron chi connectivity index (χ1n) is 3.70. The molecule has 0 bridgehead atoms. The molecule has 2 nitrogen and oxygen atoms in total. The van der Waals surface area contributed by atoms with E-state index in [1.807, 2.05) is 0 Å². The van der Waals surface area contributed by atoms with E-state index in [0.717, 1.165) is 6.61 Å². The highest BCUT2D eigenvalue weighted by atomic mass is 16.6. The number of rotatable bonds is 6. The largest absolute Gasteiger partial charge is 0.302 e. The van der Waals surface area contributed by atoms with Crippen LogP contribution in [0.1, 0.15) is 32.6 Å². The van der Waals surface area contributed by atoms with Crippen LogP contribution in [0, 0.1) is 0 Å². The van der Waals surface area contributed by atoms with Crippen molar-refractivity contribution in [3.8, 4) is 0 Å². The van der Waals surface area contributed by atoms with Crippen molar-refractivity contribution >= 4 is 0 Å². The molecule has 0 aliphatic rings. The predicted molar refractivity (Wildman–Crippen MR) is 39.2 cm³/mol. The molecule has 56 valence electrons. The Hall–Kier alpha value is -0.0800. The minimum Gasteiger partial charge on any atom is -0.302 e. The zero-order chi connectivity index (χ0) is 6.95. The zero-order valence-corrected chi connectivity index (χ0v) is 6.44. The normalized spacial score (nSPS) is 10.0. The van der Waals surface area contributed by atoms with Crippen molar-refractivity contribution in [2.45, 2.75) is 32.6 Å². The molecule has 0 aromatic rings. The molecule has 0 unspecified atom stereocenters. The van der Waals surface area contributed by atoms with Gasteiger partial charge in [0, 0.05) is 7.05 Å². The van der Waals surface area contributed by atoms with Crippen molar-refractivity contribution < 1.29 is 4.84 Å². The summed E-state index contributed by atoms with van der Waals surface area (Å²) in [5.41, 5.74) is 2.64. The number of hydrogen-bond acceptors (Lipinski definition) is 2. The number of unbranched alkanes of at least 4 members (excludes halogenated alkanes) is 3. The SMILES string of the molecule is CCCCCCONC. The monoisotopic (exact) mass is 131 g/mol. The van der Waals surface area contributed by atoms with Crippen molar-refractivity contribution in [1.29, 1.82) is 0 Å². The first-order chi connectivity index (χ1) is 4.41. The van der Waals surface area contributed by atoms with Gasteiger partial charge in [-0.25, -0.2) is 5.48 Å². The van der Waals surface area contributed by atoms with Gasteiger partial charge in [-0.2, -0.15) is 0 Å². The topological polar surface area (TPSA) is 21.3 Å². The Balaban J connectivity index is 2.60. The molecular weight excluding hydrogens is 114 g/mol. The molecule has 0 rings (SSSR count). The minimum absolute atomic E-state index is 0.844. The molecular formula is C7H17NO. The van der Waals surface area contributed by atoms with Crippen LogP contribution < -0.4 is 5.48 Å². The highest BCUT2D eigenvalue weighted by Crippen LogP contribution is 1.97. The summed E-state index contributed by atoms with van der Waals surface area (Å²) in [7, 11) is 1.79. The van der Waals surface area contributed by atoms with Gasteiger partial charge < -0.3 is 4.84 Å². The van der Waals surface area contributed by atoms with E-state index in [1.165, 1.54) is 25.7 Å². The van der Waals surface area contributed by atoms with Gasteiger partial charge in [-0.15, -0.1) is 0 Å². The lowest BCUT2D eigenvalue weighted by atomic mass is 10.2. The van der Waals surface area contributed by atoms with E-state index in [-0.39, 0.29) is 0 Å². The second-order valence-electron chi connectivity index (χ2n) is 2.11. The smallest absolute Gasteiger partial charge is 0.0682 e. The lowest BCUT2D eigenvalue weighted by Crippen LogP contribution is -2.07. The maximum Gasteiger partial charge on any atom is 0.0682 e. The Bertz CT molecular complexity index is 42.2. The molecule has 2 heteroatoms. The second-order valence-corrected chi connectivity index (χ2v) is 2.11. The number of hydroxylamine groups is 1. The molecule has 0 aliphatic carbocycles. The molecule has 0 spiro atoms. The van der Waals surface area contributed by atoms with Crippen LogP contribution in [0.25, 0.3) is 0 Å². The van der Waals surface area contributed by atoms with Gasteiger partial charge in [-0.1, -0.05) is 26.2 Å². The van der Waals surface area contributed by atoms with E-state index in [9.17, 15) is 0 Å². The van der Waals surface area contributed by atoms with Gasteiger partial charge in [-0.3, -0.25) is 0 Å². The Labute approximate surface area is 57.5 Å². The third kappa shape index (κ3) is 7.92. The van der Waals surface area contributed by atoms with Crippen molar-refractivity contribution in [3.05, 3.63) is 0 Å². The highest BCUT2D eigenvalue weighted by Gasteiger charge is 1.85. The Morgan fingerprint density at radius 3 is 2.56 bits per heavy atom. The van der Waals surface area contributed by atoms with Crippen LogP contribution in [-0.2, 0) is 4.84 Å². The first-order valence-corrected chi connectivity index (χ1v) is 3.70. The van der Waals surface area contributed by atoms with E-state index in [1.54, 1.807) is 7.05 Å². The van der Waals surface area contributed by atoms with Gasteiger partial charge in [-0.05, 0) is 6.42 Å². The summed E-state index contributed by atoms with van der Waals surface area (Å²) in [5, 5.41) is 0. The molecule has 0 aromatic carbocycles. The van der Waals surface area contributed by atoms with Crippen LogP contribution in [-0.4, -0.2) is 13.7 Å². The summed E-state index contributed by atoms with van der Waals surface area (Å²) in [5.74, 6) is 0. The van der Waals surface area contributed by atoms with Gasteiger partial charge in [0.25, 0.3) is 0 Å². The fourth-order valence-corrected chi connectivity index (χ4v) is 0.703. The molecule has 0 atom stereocenters. The van der Waals surface area contributed by atoms with Crippen LogP contribution in [0.5, 0.6) is 0 Å². The van der Waals surface area contributed by atoms with Crippen LogP contribution in [0.4, 0.5) is 0 Å². The summed E-state index contributed by atoms with van der Waals surface area (Å²) in [6.07, 6.45) is 5.08. The van der Waals surface area contributed by atoms with Crippen molar-refractivity contribution in [2.24, 2.45) is 0 Å². The quantitative estimate of drug-likeness (QED) is 0.437. The molecule has 0 saturated carbocycles. The lowest BCUT2D eigenvalue weighted by molar-refractivity contribution is 0.0551. The fraction of sp³-hybridized carbons (Fsp3) is 1.00. The number of nitrogens with one attached hydrogen (secondary N) is 1. The van der Waals surface area contributed by atoms with Crippen molar-refractivity contribution in [1.82, 2.24) is 5.48 Å². The van der Waals surface area contributed by atoms with Gasteiger partial charge in [0.15, 0.2) is 0 Å². The van der Waals surface area contributed by atoms with E-state index in [2.05, 4.69) is 12.4 Å². The summed E-state index contributed by atoms with van der Waals surface area (Å²) in [4.78, 5) is 4.93. The van der Waals surface area contributed by atoms with Gasteiger partial charge >= 0.3 is 0 Å². The van der Waals surface area contributed by atoms with Crippen molar-refractivity contribution in [2.75, 3.05) is 13.7 Å². The summed E-state index contributed by atoms with van der Waals surface area (Å²) in [6.45, 7) is 3.05. The van der Waals surface area contributed by atoms with Gasteiger partial charge in [0.2, 0.25) is 0 Å². The van der Waals surface area contributed by atoms with Crippen LogP contribution in [0.3, 0.4) is 0 Å². The van der Waals surface area contributed by atoms with Gasteiger partial charge in [0.1, 0.15) is 0 Å². The zero-order valence-electron chi connectivity index (χ0n) is 6.44. The fourth-order valence-electron chi connectivity index (χ4n) is 0.703. The Kier molecular flexibility index (Phi) is 7.85. The third-order valence-corrected chi connectivity index (χ3v) is 1.24. The molecule has 9 heavy (non-hydrogen) atoms.